The Kier molecular flexibility index (Phi) is 4.19. The molecule has 0 bridgehead atoms. The van der Waals surface area contributed by atoms with Crippen LogP contribution in [0.1, 0.15) is 16.7 Å². The molecule has 0 unspecified atom stereocenters. The lowest BCUT2D eigenvalue weighted by Crippen LogP contribution is -2.03. The first-order valence-electron chi connectivity index (χ1n) is 5.45. The van der Waals surface area contributed by atoms with E-state index < -0.39 is 0 Å². The molecule has 1 aromatic heterocycles. The second kappa shape index (κ2) is 5.67. The molecule has 0 aliphatic heterocycles. The maximum absolute atomic E-state index is 5.89. The van der Waals surface area contributed by atoms with Crippen molar-refractivity contribution in [3.63, 3.8) is 0 Å². The average Bonchev–Trinajstić information content (AvgIpc) is 2.37. The third-order valence-corrected chi connectivity index (χ3v) is 3.88. The van der Waals surface area contributed by atoms with Crippen LogP contribution in [-0.2, 0) is 6.61 Å². The lowest BCUT2D eigenvalue weighted by molar-refractivity contribution is 0.287. The maximum atomic E-state index is 5.89. The monoisotopic (exact) mass is 326 g/mol. The zero-order valence-electron chi connectivity index (χ0n) is 10.1. The van der Waals surface area contributed by atoms with Crippen molar-refractivity contribution in [2.75, 3.05) is 0 Å². The molecule has 0 fully saturated rings. The zero-order valence-corrected chi connectivity index (χ0v) is 12.4. The molecule has 5 heteroatoms. The molecule has 0 saturated heterocycles. The Morgan fingerprint density at radius 3 is 2.61 bits per heavy atom. The predicted molar refractivity (Wildman–Crippen MR) is 75.0 cm³/mol. The molecule has 18 heavy (non-hydrogen) atoms. The first kappa shape index (κ1) is 13.3. The normalized spacial score (nSPS) is 10.4. The summed E-state index contributed by atoms with van der Waals surface area (Å²) in [5, 5.41) is 8.23. The minimum atomic E-state index is 0.417. The topological polar surface area (TPSA) is 35.0 Å². The predicted octanol–water partition coefficient (Wildman–Crippen LogP) is 4.09. The molecule has 0 saturated carbocycles. The highest BCUT2D eigenvalue weighted by Gasteiger charge is 2.09. The summed E-state index contributed by atoms with van der Waals surface area (Å²) in [6.45, 7) is 4.26. The van der Waals surface area contributed by atoms with Gasteiger partial charge in [-0.15, -0.1) is 10.2 Å². The van der Waals surface area contributed by atoms with Gasteiger partial charge in [0.25, 0.3) is 0 Å². The Morgan fingerprint density at radius 1 is 1.17 bits per heavy atom. The number of hydrogen-bond acceptors (Lipinski definition) is 3. The molecule has 2 aromatic rings. The van der Waals surface area contributed by atoms with Crippen molar-refractivity contribution in [1.82, 2.24) is 10.2 Å². The third kappa shape index (κ3) is 2.82. The summed E-state index contributed by atoms with van der Waals surface area (Å²) in [6.07, 6.45) is 0. The van der Waals surface area contributed by atoms with Crippen LogP contribution in [0.15, 0.2) is 28.7 Å². The van der Waals surface area contributed by atoms with Gasteiger partial charge in [0.15, 0.2) is 5.15 Å². The van der Waals surface area contributed by atoms with Crippen LogP contribution < -0.4 is 4.74 Å². The molecule has 94 valence electrons. The maximum Gasteiger partial charge on any atom is 0.237 e. The van der Waals surface area contributed by atoms with E-state index in [1.165, 1.54) is 0 Å². The van der Waals surface area contributed by atoms with E-state index in [1.54, 1.807) is 0 Å². The quantitative estimate of drug-likeness (QED) is 0.851. The van der Waals surface area contributed by atoms with E-state index in [0.29, 0.717) is 17.6 Å². The average molecular weight is 328 g/mol. The molecule has 1 aromatic carbocycles. The summed E-state index contributed by atoms with van der Waals surface area (Å²) in [7, 11) is 0. The van der Waals surface area contributed by atoms with Gasteiger partial charge >= 0.3 is 0 Å². The molecule has 0 aliphatic carbocycles. The van der Waals surface area contributed by atoms with Gasteiger partial charge in [0.1, 0.15) is 6.61 Å². The van der Waals surface area contributed by atoms with Gasteiger partial charge in [-0.3, -0.25) is 0 Å². The summed E-state index contributed by atoms with van der Waals surface area (Å²) in [6, 6.07) is 7.90. The van der Waals surface area contributed by atoms with Gasteiger partial charge in [0.05, 0.1) is 0 Å². The Morgan fingerprint density at radius 2 is 1.89 bits per heavy atom. The van der Waals surface area contributed by atoms with Gasteiger partial charge in [-0.2, -0.15) is 0 Å². The Balaban J connectivity index is 2.17. The van der Waals surface area contributed by atoms with Crippen molar-refractivity contribution in [3.05, 3.63) is 50.6 Å². The van der Waals surface area contributed by atoms with E-state index in [9.17, 15) is 0 Å². The van der Waals surface area contributed by atoms with Crippen LogP contribution >= 0.6 is 27.5 Å². The number of halogens is 2. The highest BCUT2D eigenvalue weighted by atomic mass is 79.9. The fourth-order valence-electron chi connectivity index (χ4n) is 1.45. The highest BCUT2D eigenvalue weighted by molar-refractivity contribution is 9.10. The van der Waals surface area contributed by atoms with Gasteiger partial charge in [-0.1, -0.05) is 45.7 Å². The molecule has 0 atom stereocenters. The van der Waals surface area contributed by atoms with E-state index in [1.807, 2.05) is 38.1 Å². The number of ether oxygens (including phenoxy) is 1. The highest BCUT2D eigenvalue weighted by Crippen LogP contribution is 2.24. The summed E-state index contributed by atoms with van der Waals surface area (Å²) in [4.78, 5) is 0. The van der Waals surface area contributed by atoms with E-state index in [0.717, 1.165) is 21.2 Å². The van der Waals surface area contributed by atoms with Crippen molar-refractivity contribution >= 4 is 27.5 Å². The molecular weight excluding hydrogens is 316 g/mol. The van der Waals surface area contributed by atoms with Crippen molar-refractivity contribution < 1.29 is 4.74 Å². The van der Waals surface area contributed by atoms with Gasteiger partial charge in [0.2, 0.25) is 5.88 Å². The Hall–Kier alpha value is -1.13. The molecule has 0 N–H and O–H groups in total. The summed E-state index contributed by atoms with van der Waals surface area (Å²) < 4.78 is 6.69. The molecule has 1 heterocycles. The van der Waals surface area contributed by atoms with Crippen molar-refractivity contribution in [2.45, 2.75) is 20.5 Å². The van der Waals surface area contributed by atoms with Crippen molar-refractivity contribution in [3.8, 4) is 5.88 Å². The smallest absolute Gasteiger partial charge is 0.237 e. The number of rotatable bonds is 3. The van der Waals surface area contributed by atoms with Gasteiger partial charge in [0, 0.05) is 15.6 Å². The summed E-state index contributed by atoms with van der Waals surface area (Å²) in [5.41, 5.74) is 2.88. The second-order valence-electron chi connectivity index (χ2n) is 3.93. The zero-order chi connectivity index (χ0) is 13.1. The number of aromatic nitrogens is 2. The molecule has 0 aliphatic rings. The lowest BCUT2D eigenvalue weighted by Gasteiger charge is -2.10. The SMILES string of the molecule is Cc1c(Cl)nnc(OCc2ccccc2Br)c1C. The van der Waals surface area contributed by atoms with Gasteiger partial charge in [-0.25, -0.2) is 0 Å². The van der Waals surface area contributed by atoms with E-state index in [-0.39, 0.29) is 0 Å². The second-order valence-corrected chi connectivity index (χ2v) is 5.14. The molecule has 2 rings (SSSR count). The van der Waals surface area contributed by atoms with Crippen LogP contribution in [0, 0.1) is 13.8 Å². The van der Waals surface area contributed by atoms with Crippen molar-refractivity contribution in [2.24, 2.45) is 0 Å². The fraction of sp³-hybridized carbons (Fsp3) is 0.231. The summed E-state index contributed by atoms with van der Waals surface area (Å²) in [5.74, 6) is 0.521. The number of nitrogens with zero attached hydrogens (tertiary/aromatic N) is 2. The Labute approximate surface area is 119 Å². The molecule has 3 nitrogen and oxygen atoms in total. The van der Waals surface area contributed by atoms with E-state index in [4.69, 9.17) is 16.3 Å². The minimum absolute atomic E-state index is 0.417. The van der Waals surface area contributed by atoms with Gasteiger partial charge < -0.3 is 4.74 Å². The van der Waals surface area contributed by atoms with Crippen LogP contribution in [0.4, 0.5) is 0 Å². The number of hydrogen-bond donors (Lipinski definition) is 0. The first-order valence-corrected chi connectivity index (χ1v) is 6.62. The third-order valence-electron chi connectivity index (χ3n) is 2.74. The summed E-state index contributed by atoms with van der Waals surface area (Å²) >= 11 is 9.37. The minimum Gasteiger partial charge on any atom is -0.471 e. The number of benzene rings is 1. The molecule has 0 amide bonds. The van der Waals surface area contributed by atoms with Gasteiger partial charge in [-0.05, 0) is 25.5 Å². The van der Waals surface area contributed by atoms with Crippen LogP contribution in [0.3, 0.4) is 0 Å². The van der Waals surface area contributed by atoms with E-state index >= 15 is 0 Å². The van der Waals surface area contributed by atoms with Crippen molar-refractivity contribution in [1.29, 1.82) is 0 Å². The Bertz CT molecular complexity index is 575. The molecule has 0 spiro atoms. The standard InChI is InChI=1S/C13H12BrClN2O/c1-8-9(2)13(17-16-12(8)15)18-7-10-5-3-4-6-11(10)14/h3-6H,7H2,1-2H3. The molecule has 0 radical (unpaired) electrons. The molecular formula is C13H12BrClN2O. The first-order chi connectivity index (χ1) is 8.59. The lowest BCUT2D eigenvalue weighted by atomic mass is 10.2. The van der Waals surface area contributed by atoms with Crippen LogP contribution in [0.2, 0.25) is 5.15 Å². The largest absolute Gasteiger partial charge is 0.471 e. The fourth-order valence-corrected chi connectivity index (χ4v) is 2.03. The van der Waals surface area contributed by atoms with Crippen LogP contribution in [0.25, 0.3) is 0 Å². The van der Waals surface area contributed by atoms with E-state index in [2.05, 4.69) is 26.1 Å². The van der Waals surface area contributed by atoms with Crippen LogP contribution in [-0.4, -0.2) is 10.2 Å². The van der Waals surface area contributed by atoms with Crippen LogP contribution in [0.5, 0.6) is 5.88 Å².